The van der Waals surface area contributed by atoms with Crippen molar-refractivity contribution in [3.8, 4) is 0 Å². The molecule has 31 heavy (non-hydrogen) atoms. The molecule has 0 saturated heterocycles. The Bertz CT molecular complexity index is 1590. The first kappa shape index (κ1) is 19.4. The van der Waals surface area contributed by atoms with Crippen LogP contribution in [0, 0.1) is 0 Å². The molecule has 3 aromatic carbocycles. The molecule has 0 fully saturated rings. The number of nitrogens with zero attached hydrogens (tertiary/aromatic N) is 1. The molecule has 0 bridgehead atoms. The summed E-state index contributed by atoms with van der Waals surface area (Å²) < 4.78 is 0. The zero-order chi connectivity index (χ0) is 21.7. The molecule has 0 atom stereocenters. The van der Waals surface area contributed by atoms with Gasteiger partial charge in [0.25, 0.3) is 0 Å². The molecule has 0 unspecified atom stereocenters. The third kappa shape index (κ3) is 2.84. The third-order valence-electron chi connectivity index (χ3n) is 6.33. The van der Waals surface area contributed by atoms with Crippen LogP contribution in [0.3, 0.4) is 0 Å². The van der Waals surface area contributed by atoms with Crippen molar-refractivity contribution in [1.29, 1.82) is 0 Å². The van der Waals surface area contributed by atoms with Gasteiger partial charge in [-0.05, 0) is 62.2 Å². The van der Waals surface area contributed by atoms with E-state index in [1.54, 1.807) is 0 Å². The molecule has 0 amide bonds. The van der Waals surface area contributed by atoms with Gasteiger partial charge in [-0.2, -0.15) is 0 Å². The summed E-state index contributed by atoms with van der Waals surface area (Å²) in [7, 11) is 0. The fraction of sp³-hybridized carbons (Fsp3) is 0.231. The fourth-order valence-corrected chi connectivity index (χ4v) is 4.74. The number of para-hydroxylation sites is 1. The Labute approximate surface area is 179 Å². The second-order valence-corrected chi connectivity index (χ2v) is 7.91. The molecular weight excluding hydrogens is 386 g/mol. The Morgan fingerprint density at radius 2 is 1.48 bits per heavy atom. The molecule has 5 aromatic rings. The number of hydrogen-bond acceptors (Lipinski definition) is 3. The van der Waals surface area contributed by atoms with Crippen LogP contribution in [0.4, 0.5) is 5.69 Å². The zero-order valence-corrected chi connectivity index (χ0v) is 18.0. The minimum absolute atomic E-state index is 0.000868. The zero-order valence-electron chi connectivity index (χ0n) is 18.0. The van der Waals surface area contributed by atoms with E-state index < -0.39 is 0 Å². The lowest BCUT2D eigenvalue weighted by atomic mass is 9.98. The van der Waals surface area contributed by atoms with E-state index in [9.17, 15) is 9.59 Å². The van der Waals surface area contributed by atoms with Crippen LogP contribution in [0.25, 0.3) is 43.6 Å². The van der Waals surface area contributed by atoms with Crippen molar-refractivity contribution in [2.75, 3.05) is 18.0 Å². The summed E-state index contributed by atoms with van der Waals surface area (Å²) in [6.07, 6.45) is 0.645. The average molecular weight is 412 g/mol. The number of aryl methyl sites for hydroxylation is 1. The van der Waals surface area contributed by atoms with Crippen molar-refractivity contribution >= 4 is 49.3 Å². The van der Waals surface area contributed by atoms with Gasteiger partial charge in [0.15, 0.2) is 10.9 Å². The first-order valence-electron chi connectivity index (χ1n) is 10.9. The lowest BCUT2D eigenvalue weighted by Gasteiger charge is -2.21. The molecule has 5 heteroatoms. The van der Waals surface area contributed by atoms with Crippen molar-refractivity contribution in [3.63, 3.8) is 0 Å². The van der Waals surface area contributed by atoms with Gasteiger partial charge < -0.3 is 14.9 Å². The smallest absolute Gasteiger partial charge is 0.197 e. The van der Waals surface area contributed by atoms with E-state index in [1.165, 1.54) is 0 Å². The van der Waals surface area contributed by atoms with E-state index in [0.29, 0.717) is 33.5 Å². The predicted octanol–water partition coefficient (Wildman–Crippen LogP) is 5.08. The molecule has 156 valence electrons. The summed E-state index contributed by atoms with van der Waals surface area (Å²) in [4.78, 5) is 35.9. The number of rotatable bonds is 4. The lowest BCUT2D eigenvalue weighted by molar-refractivity contribution is 0.867. The molecule has 0 radical (unpaired) electrons. The van der Waals surface area contributed by atoms with Gasteiger partial charge in [0, 0.05) is 40.5 Å². The van der Waals surface area contributed by atoms with Crippen LogP contribution >= 0.6 is 0 Å². The molecule has 5 nitrogen and oxygen atoms in total. The van der Waals surface area contributed by atoms with Gasteiger partial charge in [-0.1, -0.05) is 19.1 Å². The fourth-order valence-electron chi connectivity index (χ4n) is 4.74. The normalized spacial score (nSPS) is 11.7. The number of nitrogens with one attached hydrogen (secondary N) is 2. The van der Waals surface area contributed by atoms with Crippen LogP contribution in [0.2, 0.25) is 0 Å². The topological polar surface area (TPSA) is 69.0 Å². The molecule has 2 N–H and O–H groups in total. The number of anilines is 1. The van der Waals surface area contributed by atoms with Gasteiger partial charge in [-0.15, -0.1) is 0 Å². The molecular formula is C26H25N3O2. The molecule has 0 aliphatic heterocycles. The highest BCUT2D eigenvalue weighted by atomic mass is 16.1. The molecule has 0 saturated carbocycles. The summed E-state index contributed by atoms with van der Waals surface area (Å²) in [5.41, 5.74) is 4.99. The van der Waals surface area contributed by atoms with Gasteiger partial charge >= 0.3 is 0 Å². The Kier molecular flexibility index (Phi) is 4.54. The molecule has 0 aliphatic carbocycles. The van der Waals surface area contributed by atoms with Gasteiger partial charge in [0.05, 0.1) is 21.9 Å². The van der Waals surface area contributed by atoms with Crippen molar-refractivity contribution in [1.82, 2.24) is 9.97 Å². The first-order valence-corrected chi connectivity index (χ1v) is 10.9. The molecule has 0 spiro atoms. The number of H-pyrrole nitrogens is 2. The maximum atomic E-state index is 13.4. The summed E-state index contributed by atoms with van der Waals surface area (Å²) >= 11 is 0. The highest BCUT2D eigenvalue weighted by Gasteiger charge is 2.16. The molecule has 0 aliphatic rings. The van der Waals surface area contributed by atoms with Gasteiger partial charge in [-0.25, -0.2) is 0 Å². The van der Waals surface area contributed by atoms with E-state index in [2.05, 4.69) is 28.7 Å². The minimum atomic E-state index is -0.0135. The largest absolute Gasteiger partial charge is 0.372 e. The van der Waals surface area contributed by atoms with Crippen molar-refractivity contribution in [2.24, 2.45) is 0 Å². The van der Waals surface area contributed by atoms with Crippen LogP contribution in [-0.4, -0.2) is 23.1 Å². The second kappa shape index (κ2) is 7.27. The summed E-state index contributed by atoms with van der Waals surface area (Å²) in [6.45, 7) is 8.06. The number of pyridine rings is 2. The Balaban J connectivity index is 1.94. The maximum Gasteiger partial charge on any atom is 0.197 e. The van der Waals surface area contributed by atoms with E-state index in [1.807, 2.05) is 55.5 Å². The van der Waals surface area contributed by atoms with Gasteiger partial charge in [0.1, 0.15) is 0 Å². The number of benzene rings is 3. The van der Waals surface area contributed by atoms with Crippen LogP contribution in [0.1, 0.15) is 26.3 Å². The first-order chi connectivity index (χ1) is 15.1. The Hall–Kier alpha value is -3.60. The van der Waals surface area contributed by atoms with E-state index in [4.69, 9.17) is 0 Å². The number of fused-ring (bicyclic) bond motifs is 4. The third-order valence-corrected chi connectivity index (χ3v) is 6.33. The summed E-state index contributed by atoms with van der Waals surface area (Å²) in [5, 5.41) is 2.59. The minimum Gasteiger partial charge on any atom is -0.372 e. The van der Waals surface area contributed by atoms with Crippen LogP contribution in [0.5, 0.6) is 0 Å². The van der Waals surface area contributed by atoms with Crippen LogP contribution in [-0.2, 0) is 6.42 Å². The van der Waals surface area contributed by atoms with E-state index in [0.717, 1.165) is 40.9 Å². The van der Waals surface area contributed by atoms with E-state index in [-0.39, 0.29) is 10.9 Å². The lowest BCUT2D eigenvalue weighted by Crippen LogP contribution is -2.21. The van der Waals surface area contributed by atoms with Crippen LogP contribution < -0.4 is 15.8 Å². The van der Waals surface area contributed by atoms with Gasteiger partial charge in [0.2, 0.25) is 0 Å². The average Bonchev–Trinajstić information content (AvgIpc) is 2.79. The number of hydrogen-bond donors (Lipinski definition) is 2. The predicted molar refractivity (Wildman–Crippen MR) is 131 cm³/mol. The number of aromatic amines is 2. The quantitative estimate of drug-likeness (QED) is 0.405. The van der Waals surface area contributed by atoms with Crippen LogP contribution in [0.15, 0.2) is 58.1 Å². The maximum absolute atomic E-state index is 13.4. The Morgan fingerprint density at radius 1 is 0.742 bits per heavy atom. The molecule has 2 heterocycles. The number of aromatic nitrogens is 2. The summed E-state index contributed by atoms with van der Waals surface area (Å²) in [5.74, 6) is 0. The SMILES string of the molecule is CCc1c2[nH]c3cc(N(CC)CC)ccc3c(=O)c2cc2[nH]c3ccccc3c(=O)c12. The molecule has 2 aromatic heterocycles. The second-order valence-electron chi connectivity index (χ2n) is 7.91. The Morgan fingerprint density at radius 3 is 2.23 bits per heavy atom. The summed E-state index contributed by atoms with van der Waals surface area (Å²) in [6, 6.07) is 15.3. The van der Waals surface area contributed by atoms with Crippen molar-refractivity contribution < 1.29 is 0 Å². The van der Waals surface area contributed by atoms with Crippen molar-refractivity contribution in [2.45, 2.75) is 27.2 Å². The highest BCUT2D eigenvalue weighted by Crippen LogP contribution is 2.28. The van der Waals surface area contributed by atoms with Gasteiger partial charge in [-0.3, -0.25) is 9.59 Å². The van der Waals surface area contributed by atoms with E-state index >= 15 is 0 Å². The molecule has 5 rings (SSSR count). The highest BCUT2D eigenvalue weighted by molar-refractivity contribution is 6.05. The van der Waals surface area contributed by atoms with Crippen molar-refractivity contribution in [3.05, 3.63) is 74.5 Å². The standard InChI is InChI=1S/C26H25N3O2/c1-4-16-23-22(27-20-10-8-7-9-17(20)26(23)31)14-19-24(16)28-21-13-15(29(5-2)6-3)11-12-18(21)25(19)30/h7-14H,4-6H2,1-3H3,(H,27,31)(H,28,30). The monoisotopic (exact) mass is 411 g/mol.